The Morgan fingerprint density at radius 3 is 2.45 bits per heavy atom. The van der Waals surface area contributed by atoms with E-state index in [9.17, 15) is 22.7 Å². The van der Waals surface area contributed by atoms with Gasteiger partial charge in [0.25, 0.3) is 17.2 Å². The predicted molar refractivity (Wildman–Crippen MR) is 110 cm³/mol. The normalized spacial score (nSPS) is 11.5. The van der Waals surface area contributed by atoms with Gasteiger partial charge in [-0.25, -0.2) is 22.3 Å². The zero-order valence-corrected chi connectivity index (χ0v) is 16.7. The highest BCUT2D eigenvalue weighted by atomic mass is 32.2. The minimum absolute atomic E-state index is 0.0341. The van der Waals surface area contributed by atoms with E-state index in [0.29, 0.717) is 4.31 Å². The fraction of sp³-hybridized carbons (Fsp3) is 0.0526. The van der Waals surface area contributed by atoms with Gasteiger partial charge in [0.2, 0.25) is 5.91 Å². The molecule has 0 saturated carbocycles. The monoisotopic (exact) mass is 447 g/mol. The number of hydrogen-bond acceptors (Lipinski definition) is 5. The molecule has 0 aliphatic carbocycles. The molecule has 1 atom stereocenters. The first-order valence-corrected chi connectivity index (χ1v) is 9.68. The summed E-state index contributed by atoms with van der Waals surface area (Å²) in [4.78, 5) is 31.1. The lowest BCUT2D eigenvalue weighted by Crippen LogP contribution is -2.22. The van der Waals surface area contributed by atoms with E-state index in [1.54, 1.807) is 0 Å². The highest BCUT2D eigenvalue weighted by Crippen LogP contribution is 2.34. The standard InChI is InChI=1S/C19H15F2N5O4S/c1-11(27)24-16-7-4-12(9-23-16)19(28)25-18-14(20)5-6-15(17(18)21)26(31(29)30)13-3-2-8-22-10-13/h2-10H,1H3,(H,25,28)(H,29,30)(H,23,24,27). The summed E-state index contributed by atoms with van der Waals surface area (Å²) in [7, 11) is 0. The van der Waals surface area contributed by atoms with Crippen LogP contribution in [0.4, 0.5) is 31.7 Å². The van der Waals surface area contributed by atoms with Crippen molar-refractivity contribution in [3.63, 3.8) is 0 Å². The third-order valence-electron chi connectivity index (χ3n) is 3.89. The average molecular weight is 447 g/mol. The maximum atomic E-state index is 15.1. The second-order valence-corrected chi connectivity index (χ2v) is 6.89. The number of halogens is 2. The third-order valence-corrected chi connectivity index (χ3v) is 4.61. The number of nitrogens with one attached hydrogen (secondary N) is 2. The molecule has 1 unspecified atom stereocenters. The van der Waals surface area contributed by atoms with Gasteiger partial charge in [0.1, 0.15) is 17.3 Å². The van der Waals surface area contributed by atoms with Crippen LogP contribution in [-0.2, 0) is 16.1 Å². The zero-order chi connectivity index (χ0) is 22.5. The van der Waals surface area contributed by atoms with Gasteiger partial charge in [0.15, 0.2) is 5.82 Å². The van der Waals surface area contributed by atoms with Crippen molar-refractivity contribution >= 4 is 46.0 Å². The fourth-order valence-electron chi connectivity index (χ4n) is 2.57. The molecule has 31 heavy (non-hydrogen) atoms. The van der Waals surface area contributed by atoms with Crippen molar-refractivity contribution in [2.45, 2.75) is 6.92 Å². The van der Waals surface area contributed by atoms with Crippen molar-refractivity contribution in [3.8, 4) is 0 Å². The van der Waals surface area contributed by atoms with Crippen LogP contribution in [0.2, 0.25) is 0 Å². The van der Waals surface area contributed by atoms with Gasteiger partial charge in [0.05, 0.1) is 23.1 Å². The highest BCUT2D eigenvalue weighted by molar-refractivity contribution is 7.81. The van der Waals surface area contributed by atoms with Gasteiger partial charge in [0, 0.05) is 19.3 Å². The van der Waals surface area contributed by atoms with Gasteiger partial charge in [-0.05, 0) is 36.4 Å². The Bertz CT molecular complexity index is 1150. The average Bonchev–Trinajstić information content (AvgIpc) is 2.73. The number of aromatic nitrogens is 2. The summed E-state index contributed by atoms with van der Waals surface area (Å²) in [6, 6.07) is 7.34. The van der Waals surface area contributed by atoms with Crippen LogP contribution >= 0.6 is 0 Å². The highest BCUT2D eigenvalue weighted by Gasteiger charge is 2.24. The van der Waals surface area contributed by atoms with Crippen molar-refractivity contribution in [2.75, 3.05) is 14.9 Å². The van der Waals surface area contributed by atoms with E-state index in [2.05, 4.69) is 20.6 Å². The fourth-order valence-corrected chi connectivity index (χ4v) is 3.17. The Kier molecular flexibility index (Phi) is 6.62. The molecule has 0 aliphatic heterocycles. The van der Waals surface area contributed by atoms with Gasteiger partial charge in [-0.15, -0.1) is 0 Å². The third kappa shape index (κ3) is 5.05. The number of benzene rings is 1. The van der Waals surface area contributed by atoms with Gasteiger partial charge >= 0.3 is 0 Å². The number of anilines is 4. The Labute approximate surface area is 177 Å². The number of hydrogen-bond donors (Lipinski definition) is 3. The van der Waals surface area contributed by atoms with Crippen LogP contribution < -0.4 is 14.9 Å². The molecule has 0 saturated heterocycles. The summed E-state index contributed by atoms with van der Waals surface area (Å²) in [5, 5.41) is 4.52. The minimum Gasteiger partial charge on any atom is -0.317 e. The van der Waals surface area contributed by atoms with Crippen LogP contribution in [0.5, 0.6) is 0 Å². The van der Waals surface area contributed by atoms with Crippen LogP contribution in [0.3, 0.4) is 0 Å². The number of carbonyl (C=O) groups excluding carboxylic acids is 2. The summed E-state index contributed by atoms with van der Waals surface area (Å²) >= 11 is -2.71. The van der Waals surface area contributed by atoms with Crippen LogP contribution in [-0.4, -0.2) is 30.5 Å². The molecule has 0 aliphatic rings. The molecule has 160 valence electrons. The number of pyridine rings is 2. The maximum Gasteiger partial charge on any atom is 0.266 e. The first-order chi connectivity index (χ1) is 14.8. The number of rotatable bonds is 6. The molecule has 0 radical (unpaired) electrons. The molecule has 0 bridgehead atoms. The molecule has 2 heterocycles. The Morgan fingerprint density at radius 2 is 1.87 bits per heavy atom. The molecule has 0 fully saturated rings. The SMILES string of the molecule is CC(=O)Nc1ccc(C(=O)Nc2c(F)ccc(N(c3cccnc3)S(=O)O)c2F)cn1. The molecule has 2 amide bonds. The molecule has 0 spiro atoms. The lowest BCUT2D eigenvalue weighted by Gasteiger charge is -2.21. The molecule has 3 rings (SSSR count). The van der Waals surface area contributed by atoms with Gasteiger partial charge < -0.3 is 10.6 Å². The quantitative estimate of drug-likeness (QED) is 0.499. The van der Waals surface area contributed by atoms with Crippen molar-refractivity contribution in [1.29, 1.82) is 0 Å². The van der Waals surface area contributed by atoms with Crippen LogP contribution in [0.1, 0.15) is 17.3 Å². The molecule has 1 aromatic carbocycles. The summed E-state index contributed by atoms with van der Waals surface area (Å²) in [6.45, 7) is 1.29. The van der Waals surface area contributed by atoms with Crippen LogP contribution in [0.25, 0.3) is 0 Å². The number of carbonyl (C=O) groups is 2. The summed E-state index contributed by atoms with van der Waals surface area (Å²) in [5.41, 5.74) is -1.23. The molecule has 3 aromatic rings. The first-order valence-electron chi connectivity index (χ1n) is 8.62. The number of amides is 2. The molecule has 3 N–H and O–H groups in total. The minimum atomic E-state index is -2.71. The van der Waals surface area contributed by atoms with E-state index in [4.69, 9.17) is 0 Å². The molecule has 12 heteroatoms. The zero-order valence-electron chi connectivity index (χ0n) is 15.9. The lowest BCUT2D eigenvalue weighted by molar-refractivity contribution is -0.114. The van der Waals surface area contributed by atoms with E-state index < -0.39 is 40.2 Å². The van der Waals surface area contributed by atoms with E-state index >= 15 is 4.39 Å². The Morgan fingerprint density at radius 1 is 1.10 bits per heavy atom. The van der Waals surface area contributed by atoms with Gasteiger partial charge in [-0.3, -0.25) is 19.1 Å². The molecular weight excluding hydrogens is 432 g/mol. The maximum absolute atomic E-state index is 15.1. The van der Waals surface area contributed by atoms with Crippen molar-refractivity contribution in [3.05, 3.63) is 72.2 Å². The topological polar surface area (TPSA) is 125 Å². The van der Waals surface area contributed by atoms with Crippen molar-refractivity contribution in [1.82, 2.24) is 9.97 Å². The summed E-state index contributed by atoms with van der Waals surface area (Å²) < 4.78 is 51.5. The van der Waals surface area contributed by atoms with E-state index in [-0.39, 0.29) is 23.0 Å². The van der Waals surface area contributed by atoms with E-state index in [1.807, 2.05) is 0 Å². The van der Waals surface area contributed by atoms with Gasteiger partial charge in [-0.1, -0.05) is 0 Å². The molecular formula is C19H15F2N5O4S. The summed E-state index contributed by atoms with van der Waals surface area (Å²) in [6.07, 6.45) is 3.75. The largest absolute Gasteiger partial charge is 0.317 e. The predicted octanol–water partition coefficient (Wildman–Crippen LogP) is 3.24. The van der Waals surface area contributed by atoms with Gasteiger partial charge in [-0.2, -0.15) is 0 Å². The smallest absolute Gasteiger partial charge is 0.266 e. The van der Waals surface area contributed by atoms with Crippen molar-refractivity contribution < 1.29 is 27.1 Å². The molecule has 2 aromatic heterocycles. The Balaban J connectivity index is 1.92. The Hall–Kier alpha value is -3.77. The van der Waals surface area contributed by atoms with E-state index in [0.717, 1.165) is 18.3 Å². The molecule has 9 nitrogen and oxygen atoms in total. The van der Waals surface area contributed by atoms with Crippen LogP contribution in [0, 0.1) is 11.6 Å². The van der Waals surface area contributed by atoms with E-state index in [1.165, 1.54) is 43.6 Å². The second kappa shape index (κ2) is 9.36. The number of nitrogens with zero attached hydrogens (tertiary/aromatic N) is 3. The second-order valence-electron chi connectivity index (χ2n) is 6.06. The van der Waals surface area contributed by atoms with Crippen molar-refractivity contribution in [2.24, 2.45) is 0 Å². The lowest BCUT2D eigenvalue weighted by atomic mass is 10.2. The first kappa shape index (κ1) is 21.9. The summed E-state index contributed by atoms with van der Waals surface area (Å²) in [5.74, 6) is -3.39. The van der Waals surface area contributed by atoms with Crippen LogP contribution in [0.15, 0.2) is 55.0 Å².